The number of aryl methyl sites for hydroxylation is 1. The van der Waals surface area contributed by atoms with Crippen molar-refractivity contribution < 1.29 is 0 Å². The maximum atomic E-state index is 8.53. The molecule has 0 spiro atoms. The highest BCUT2D eigenvalue weighted by Gasteiger charge is 2.01. The average Bonchev–Trinajstić information content (AvgIpc) is 2.48. The molecule has 13 heavy (non-hydrogen) atoms. The van der Waals surface area contributed by atoms with Gasteiger partial charge in [0.1, 0.15) is 0 Å². The fraction of sp³-hybridized carbons (Fsp3) is 0.200. The van der Waals surface area contributed by atoms with E-state index in [0.29, 0.717) is 6.42 Å². The van der Waals surface area contributed by atoms with Gasteiger partial charge in [-0.1, -0.05) is 12.1 Å². The van der Waals surface area contributed by atoms with Crippen molar-refractivity contribution in [2.24, 2.45) is 0 Å². The molecule has 64 valence electrons. The van der Waals surface area contributed by atoms with Gasteiger partial charge in [0.2, 0.25) is 0 Å². The Kier molecular flexibility index (Phi) is 1.99. The van der Waals surface area contributed by atoms with Crippen molar-refractivity contribution in [3.8, 4) is 6.07 Å². The second kappa shape index (κ2) is 3.15. The van der Waals surface area contributed by atoms with Crippen LogP contribution in [0.3, 0.4) is 0 Å². The lowest BCUT2D eigenvalue weighted by Gasteiger charge is -1.93. The maximum absolute atomic E-state index is 8.53. The molecule has 1 aromatic heterocycles. The van der Waals surface area contributed by atoms with Crippen LogP contribution in [0.5, 0.6) is 0 Å². The highest BCUT2D eigenvalue weighted by atomic mass is 32.1. The SMILES string of the molecule is Cc1nsc2cc(CC#N)ccc12. The number of nitrogens with zero attached hydrogens (tertiary/aromatic N) is 2. The topological polar surface area (TPSA) is 36.7 Å². The Morgan fingerprint density at radius 2 is 2.38 bits per heavy atom. The predicted molar refractivity (Wildman–Crippen MR) is 53.7 cm³/mol. The molecule has 0 saturated heterocycles. The summed E-state index contributed by atoms with van der Waals surface area (Å²) in [6.07, 6.45) is 0.479. The Morgan fingerprint density at radius 1 is 1.54 bits per heavy atom. The first kappa shape index (κ1) is 8.21. The minimum atomic E-state index is 0.479. The van der Waals surface area contributed by atoms with E-state index in [0.717, 1.165) is 11.3 Å². The van der Waals surface area contributed by atoms with Crippen LogP contribution in [0.2, 0.25) is 0 Å². The lowest BCUT2D eigenvalue weighted by molar-refractivity contribution is 1.27. The summed E-state index contributed by atoms with van der Waals surface area (Å²) >= 11 is 1.49. The number of rotatable bonds is 1. The number of aromatic nitrogens is 1. The largest absolute Gasteiger partial charge is 0.198 e. The zero-order chi connectivity index (χ0) is 9.26. The van der Waals surface area contributed by atoms with Crippen LogP contribution in [0.15, 0.2) is 18.2 Å². The van der Waals surface area contributed by atoms with E-state index in [2.05, 4.69) is 10.4 Å². The Morgan fingerprint density at radius 3 is 3.15 bits per heavy atom. The molecule has 2 aromatic rings. The van der Waals surface area contributed by atoms with Crippen molar-refractivity contribution in [1.29, 1.82) is 5.26 Å². The Bertz CT molecular complexity index is 479. The summed E-state index contributed by atoms with van der Waals surface area (Å²) in [5, 5.41) is 9.74. The second-order valence-corrected chi connectivity index (χ2v) is 3.74. The normalized spacial score (nSPS) is 10.2. The zero-order valence-electron chi connectivity index (χ0n) is 7.24. The number of hydrogen-bond donors (Lipinski definition) is 0. The Balaban J connectivity index is 2.58. The monoisotopic (exact) mass is 188 g/mol. The summed E-state index contributed by atoms with van der Waals surface area (Å²) in [7, 11) is 0. The molecule has 0 saturated carbocycles. The number of nitriles is 1. The van der Waals surface area contributed by atoms with E-state index in [1.807, 2.05) is 25.1 Å². The van der Waals surface area contributed by atoms with Crippen molar-refractivity contribution >= 4 is 21.6 Å². The molecular weight excluding hydrogens is 180 g/mol. The van der Waals surface area contributed by atoms with Crippen molar-refractivity contribution in [3.05, 3.63) is 29.5 Å². The van der Waals surface area contributed by atoms with Gasteiger partial charge < -0.3 is 0 Å². The molecule has 0 radical (unpaired) electrons. The molecule has 1 heterocycles. The van der Waals surface area contributed by atoms with E-state index in [1.165, 1.54) is 21.6 Å². The number of benzene rings is 1. The highest BCUT2D eigenvalue weighted by molar-refractivity contribution is 7.13. The molecule has 0 bridgehead atoms. The standard InChI is InChI=1S/C10H8N2S/c1-7-9-3-2-8(4-5-11)6-10(9)13-12-7/h2-3,6H,4H2,1H3. The number of fused-ring (bicyclic) bond motifs is 1. The first-order valence-corrected chi connectivity index (χ1v) is 4.80. The zero-order valence-corrected chi connectivity index (χ0v) is 8.06. The molecule has 0 unspecified atom stereocenters. The predicted octanol–water partition coefficient (Wildman–Crippen LogP) is 2.67. The van der Waals surface area contributed by atoms with Crippen LogP contribution < -0.4 is 0 Å². The molecule has 0 atom stereocenters. The van der Waals surface area contributed by atoms with Gasteiger partial charge in [-0.3, -0.25) is 0 Å². The summed E-state index contributed by atoms with van der Waals surface area (Å²) in [4.78, 5) is 0. The lowest BCUT2D eigenvalue weighted by atomic mass is 10.1. The summed E-state index contributed by atoms with van der Waals surface area (Å²) in [5.74, 6) is 0. The minimum Gasteiger partial charge on any atom is -0.198 e. The van der Waals surface area contributed by atoms with Crippen LogP contribution in [-0.4, -0.2) is 4.37 Å². The van der Waals surface area contributed by atoms with Gasteiger partial charge in [-0.2, -0.15) is 9.64 Å². The van der Waals surface area contributed by atoms with Crippen LogP contribution in [0.4, 0.5) is 0 Å². The van der Waals surface area contributed by atoms with Crippen LogP contribution >= 0.6 is 11.5 Å². The molecule has 0 N–H and O–H groups in total. The third-order valence-corrected chi connectivity index (χ3v) is 2.90. The molecule has 2 nitrogen and oxygen atoms in total. The maximum Gasteiger partial charge on any atom is 0.0669 e. The van der Waals surface area contributed by atoms with Crippen LogP contribution in [0, 0.1) is 18.3 Å². The van der Waals surface area contributed by atoms with E-state index in [-0.39, 0.29) is 0 Å². The van der Waals surface area contributed by atoms with Crippen molar-refractivity contribution in [2.75, 3.05) is 0 Å². The summed E-state index contributed by atoms with van der Waals surface area (Å²) in [5.41, 5.74) is 2.14. The molecule has 0 aliphatic heterocycles. The molecule has 2 rings (SSSR count). The molecule has 0 aliphatic rings. The fourth-order valence-corrected chi connectivity index (χ4v) is 2.16. The molecule has 0 amide bonds. The highest BCUT2D eigenvalue weighted by Crippen LogP contribution is 2.23. The summed E-state index contributed by atoms with van der Waals surface area (Å²) in [6, 6.07) is 8.22. The van der Waals surface area contributed by atoms with Gasteiger partial charge >= 0.3 is 0 Å². The van der Waals surface area contributed by atoms with Crippen LogP contribution in [0.1, 0.15) is 11.3 Å². The average molecular weight is 188 g/mol. The first-order valence-electron chi connectivity index (χ1n) is 4.03. The fourth-order valence-electron chi connectivity index (χ4n) is 1.31. The summed E-state index contributed by atoms with van der Waals surface area (Å²) < 4.78 is 5.43. The first-order chi connectivity index (χ1) is 6.31. The van der Waals surface area contributed by atoms with Crippen molar-refractivity contribution in [2.45, 2.75) is 13.3 Å². The van der Waals surface area contributed by atoms with Gasteiger partial charge in [0.15, 0.2) is 0 Å². The quantitative estimate of drug-likeness (QED) is 0.689. The van der Waals surface area contributed by atoms with E-state index in [1.54, 1.807) is 0 Å². The van der Waals surface area contributed by atoms with Gasteiger partial charge in [0.05, 0.1) is 22.9 Å². The van der Waals surface area contributed by atoms with Crippen molar-refractivity contribution in [3.63, 3.8) is 0 Å². The third-order valence-electron chi connectivity index (χ3n) is 2.00. The lowest BCUT2D eigenvalue weighted by Crippen LogP contribution is -1.79. The van der Waals surface area contributed by atoms with E-state index < -0.39 is 0 Å². The van der Waals surface area contributed by atoms with Gasteiger partial charge in [0, 0.05) is 5.39 Å². The van der Waals surface area contributed by atoms with Gasteiger partial charge in [-0.05, 0) is 30.1 Å². The van der Waals surface area contributed by atoms with Crippen LogP contribution in [-0.2, 0) is 6.42 Å². The molecule has 0 fully saturated rings. The minimum absolute atomic E-state index is 0.479. The van der Waals surface area contributed by atoms with Crippen molar-refractivity contribution in [1.82, 2.24) is 4.37 Å². The van der Waals surface area contributed by atoms with Gasteiger partial charge in [-0.15, -0.1) is 0 Å². The molecule has 0 aliphatic carbocycles. The Hall–Kier alpha value is -1.40. The van der Waals surface area contributed by atoms with E-state index in [4.69, 9.17) is 5.26 Å². The molecule has 3 heteroatoms. The van der Waals surface area contributed by atoms with E-state index >= 15 is 0 Å². The van der Waals surface area contributed by atoms with Gasteiger partial charge in [0.25, 0.3) is 0 Å². The van der Waals surface area contributed by atoms with Crippen LogP contribution in [0.25, 0.3) is 10.1 Å². The molecule has 1 aromatic carbocycles. The molecular formula is C10H8N2S. The third kappa shape index (κ3) is 1.41. The van der Waals surface area contributed by atoms with Gasteiger partial charge in [-0.25, -0.2) is 0 Å². The second-order valence-electron chi connectivity index (χ2n) is 2.93. The number of hydrogen-bond acceptors (Lipinski definition) is 3. The Labute approximate surface area is 80.6 Å². The smallest absolute Gasteiger partial charge is 0.0669 e. The van der Waals surface area contributed by atoms with E-state index in [9.17, 15) is 0 Å². The summed E-state index contributed by atoms with van der Waals surface area (Å²) in [6.45, 7) is 2.00.